The van der Waals surface area contributed by atoms with Crippen molar-refractivity contribution in [2.75, 3.05) is 6.61 Å². The van der Waals surface area contributed by atoms with Crippen LogP contribution < -0.4 is 10.1 Å². The fourth-order valence-corrected chi connectivity index (χ4v) is 1.91. The van der Waals surface area contributed by atoms with Crippen molar-refractivity contribution < 1.29 is 4.74 Å². The van der Waals surface area contributed by atoms with E-state index in [0.29, 0.717) is 12.1 Å². The summed E-state index contributed by atoms with van der Waals surface area (Å²) >= 11 is 0. The molecule has 0 aromatic heterocycles. The molecule has 0 saturated carbocycles. The summed E-state index contributed by atoms with van der Waals surface area (Å²) in [5.41, 5.74) is 1.29. The van der Waals surface area contributed by atoms with Gasteiger partial charge in [0.2, 0.25) is 0 Å². The van der Waals surface area contributed by atoms with Crippen molar-refractivity contribution in [3.63, 3.8) is 0 Å². The van der Waals surface area contributed by atoms with Crippen LogP contribution in [0.2, 0.25) is 0 Å². The third-order valence-corrected chi connectivity index (χ3v) is 2.91. The Morgan fingerprint density at radius 2 is 1.94 bits per heavy atom. The molecule has 2 atom stereocenters. The molecule has 0 aliphatic carbocycles. The Kier molecular flexibility index (Phi) is 6.51. The first kappa shape index (κ1) is 14.8. The summed E-state index contributed by atoms with van der Waals surface area (Å²) in [6.45, 7) is 11.0. The minimum absolute atomic E-state index is 0.347. The molecule has 0 saturated heterocycles. The van der Waals surface area contributed by atoms with Crippen LogP contribution in [0, 0.1) is 0 Å². The minimum Gasteiger partial charge on any atom is -0.494 e. The van der Waals surface area contributed by atoms with Crippen molar-refractivity contribution in [2.45, 2.75) is 45.7 Å². The normalized spacial score (nSPS) is 13.9. The van der Waals surface area contributed by atoms with Crippen molar-refractivity contribution in [2.24, 2.45) is 0 Å². The SMILES string of the molecule is C=CCC(C)NC(C)c1ccc(OCCC)cc1. The zero-order valence-corrected chi connectivity index (χ0v) is 11.8. The lowest BCUT2D eigenvalue weighted by Gasteiger charge is -2.19. The average Bonchev–Trinajstić information content (AvgIpc) is 2.37. The minimum atomic E-state index is 0.347. The Morgan fingerprint density at radius 1 is 1.28 bits per heavy atom. The van der Waals surface area contributed by atoms with Crippen LogP contribution in [0.25, 0.3) is 0 Å². The number of hydrogen-bond donors (Lipinski definition) is 1. The van der Waals surface area contributed by atoms with Gasteiger partial charge >= 0.3 is 0 Å². The summed E-state index contributed by atoms with van der Waals surface area (Å²) in [6.07, 6.45) is 3.98. The van der Waals surface area contributed by atoms with Gasteiger partial charge in [0.15, 0.2) is 0 Å². The van der Waals surface area contributed by atoms with E-state index >= 15 is 0 Å². The molecule has 2 unspecified atom stereocenters. The van der Waals surface area contributed by atoms with Gasteiger partial charge in [-0.05, 0) is 44.4 Å². The lowest BCUT2D eigenvalue weighted by molar-refractivity contribution is 0.317. The Balaban J connectivity index is 2.52. The number of benzene rings is 1. The van der Waals surface area contributed by atoms with Crippen LogP contribution in [0.4, 0.5) is 0 Å². The highest BCUT2D eigenvalue weighted by atomic mass is 16.5. The molecule has 0 aliphatic rings. The second-order valence-electron chi connectivity index (χ2n) is 4.73. The topological polar surface area (TPSA) is 21.3 Å². The van der Waals surface area contributed by atoms with E-state index in [1.54, 1.807) is 0 Å². The molecule has 0 amide bonds. The van der Waals surface area contributed by atoms with E-state index in [9.17, 15) is 0 Å². The van der Waals surface area contributed by atoms with E-state index < -0.39 is 0 Å². The Morgan fingerprint density at radius 3 is 2.50 bits per heavy atom. The van der Waals surface area contributed by atoms with E-state index in [1.807, 2.05) is 18.2 Å². The summed E-state index contributed by atoms with van der Waals surface area (Å²) in [5, 5.41) is 3.55. The maximum atomic E-state index is 5.58. The first-order valence-corrected chi connectivity index (χ1v) is 6.77. The molecular formula is C16H25NO. The van der Waals surface area contributed by atoms with Crippen molar-refractivity contribution >= 4 is 0 Å². The third kappa shape index (κ3) is 4.92. The van der Waals surface area contributed by atoms with Crippen LogP contribution in [0.1, 0.15) is 45.2 Å². The maximum absolute atomic E-state index is 5.58. The zero-order valence-electron chi connectivity index (χ0n) is 11.8. The first-order valence-electron chi connectivity index (χ1n) is 6.77. The molecule has 1 rings (SSSR count). The lowest BCUT2D eigenvalue weighted by Crippen LogP contribution is -2.28. The molecule has 100 valence electrons. The largest absolute Gasteiger partial charge is 0.494 e. The summed E-state index contributed by atoms with van der Waals surface area (Å²) in [7, 11) is 0. The van der Waals surface area contributed by atoms with Gasteiger partial charge < -0.3 is 10.1 Å². The van der Waals surface area contributed by atoms with Gasteiger partial charge in [0, 0.05) is 12.1 Å². The van der Waals surface area contributed by atoms with Crippen LogP contribution in [0.5, 0.6) is 5.75 Å². The number of ether oxygens (including phenoxy) is 1. The Bertz CT molecular complexity index is 345. The van der Waals surface area contributed by atoms with Gasteiger partial charge in [0.25, 0.3) is 0 Å². The molecule has 1 N–H and O–H groups in total. The second-order valence-corrected chi connectivity index (χ2v) is 4.73. The number of nitrogens with one attached hydrogen (secondary N) is 1. The molecule has 0 aliphatic heterocycles. The van der Waals surface area contributed by atoms with Crippen LogP contribution in [-0.2, 0) is 0 Å². The number of hydrogen-bond acceptors (Lipinski definition) is 2. The third-order valence-electron chi connectivity index (χ3n) is 2.91. The van der Waals surface area contributed by atoms with Crippen molar-refractivity contribution in [3.8, 4) is 5.75 Å². The summed E-state index contributed by atoms with van der Waals surface area (Å²) < 4.78 is 5.58. The fraction of sp³-hybridized carbons (Fsp3) is 0.500. The molecule has 0 spiro atoms. The monoisotopic (exact) mass is 247 g/mol. The molecule has 0 bridgehead atoms. The van der Waals surface area contributed by atoms with Crippen LogP contribution in [0.15, 0.2) is 36.9 Å². The molecular weight excluding hydrogens is 222 g/mol. The van der Waals surface area contributed by atoms with Crippen LogP contribution >= 0.6 is 0 Å². The lowest BCUT2D eigenvalue weighted by atomic mass is 10.1. The van der Waals surface area contributed by atoms with Crippen LogP contribution in [0.3, 0.4) is 0 Å². The van der Waals surface area contributed by atoms with Gasteiger partial charge in [0.1, 0.15) is 5.75 Å². The van der Waals surface area contributed by atoms with Crippen LogP contribution in [-0.4, -0.2) is 12.6 Å². The maximum Gasteiger partial charge on any atom is 0.119 e. The summed E-state index contributed by atoms with van der Waals surface area (Å²) in [5.74, 6) is 0.951. The highest BCUT2D eigenvalue weighted by Crippen LogP contribution is 2.18. The summed E-state index contributed by atoms with van der Waals surface area (Å²) in [6, 6.07) is 9.14. The van der Waals surface area contributed by atoms with Gasteiger partial charge in [-0.1, -0.05) is 25.1 Å². The highest BCUT2D eigenvalue weighted by molar-refractivity contribution is 5.29. The molecule has 18 heavy (non-hydrogen) atoms. The first-order chi connectivity index (χ1) is 8.67. The van der Waals surface area contributed by atoms with Gasteiger partial charge in [-0.25, -0.2) is 0 Å². The standard InChI is InChI=1S/C16H25NO/c1-5-7-13(3)17-14(4)15-8-10-16(11-9-15)18-12-6-2/h5,8-11,13-14,17H,1,6-7,12H2,2-4H3. The Hall–Kier alpha value is -1.28. The molecule has 1 aromatic carbocycles. The Labute approximate surface area is 111 Å². The van der Waals surface area contributed by atoms with Crippen molar-refractivity contribution in [1.82, 2.24) is 5.32 Å². The highest BCUT2D eigenvalue weighted by Gasteiger charge is 2.08. The van der Waals surface area contributed by atoms with Crippen molar-refractivity contribution in [3.05, 3.63) is 42.5 Å². The van der Waals surface area contributed by atoms with Gasteiger partial charge in [-0.2, -0.15) is 0 Å². The predicted molar refractivity (Wildman–Crippen MR) is 78.1 cm³/mol. The van der Waals surface area contributed by atoms with Gasteiger partial charge in [-0.15, -0.1) is 6.58 Å². The second kappa shape index (κ2) is 7.93. The molecule has 2 heteroatoms. The molecule has 2 nitrogen and oxygen atoms in total. The smallest absolute Gasteiger partial charge is 0.119 e. The summed E-state index contributed by atoms with van der Waals surface area (Å²) in [4.78, 5) is 0. The number of rotatable bonds is 8. The quantitative estimate of drug-likeness (QED) is 0.699. The average molecular weight is 247 g/mol. The zero-order chi connectivity index (χ0) is 13.4. The van der Waals surface area contributed by atoms with Gasteiger partial charge in [0.05, 0.1) is 6.61 Å². The molecule has 0 radical (unpaired) electrons. The van der Waals surface area contributed by atoms with E-state index in [0.717, 1.165) is 25.2 Å². The fourth-order valence-electron chi connectivity index (χ4n) is 1.91. The molecule has 0 heterocycles. The van der Waals surface area contributed by atoms with E-state index in [2.05, 4.69) is 44.8 Å². The van der Waals surface area contributed by atoms with E-state index in [1.165, 1.54) is 5.56 Å². The van der Waals surface area contributed by atoms with E-state index in [-0.39, 0.29) is 0 Å². The predicted octanol–water partition coefficient (Wildman–Crippen LogP) is 4.09. The van der Waals surface area contributed by atoms with E-state index in [4.69, 9.17) is 4.74 Å². The molecule has 1 aromatic rings. The van der Waals surface area contributed by atoms with Crippen molar-refractivity contribution in [1.29, 1.82) is 0 Å². The molecule has 0 fully saturated rings. The van der Waals surface area contributed by atoms with Gasteiger partial charge in [-0.3, -0.25) is 0 Å².